The van der Waals surface area contributed by atoms with Crippen LogP contribution in [0, 0.1) is 5.88 Å². The number of thioether (sulfide) groups is 1. The van der Waals surface area contributed by atoms with Crippen LogP contribution in [0.2, 0.25) is 0 Å². The monoisotopic (exact) mass is 184 g/mol. The molecule has 0 aromatic carbocycles. The largest absolute Gasteiger partial charge is 1.00 e. The van der Waals surface area contributed by atoms with Gasteiger partial charge in [-0.3, -0.25) is 11.8 Å². The van der Waals surface area contributed by atoms with E-state index in [4.69, 9.17) is 12.2 Å². The molecule has 0 atom stereocenters. The summed E-state index contributed by atoms with van der Waals surface area (Å²) in [6.45, 7) is 0.909. The van der Waals surface area contributed by atoms with E-state index in [1.54, 1.807) is 11.8 Å². The Morgan fingerprint density at radius 3 is 2.60 bits per heavy atom. The van der Waals surface area contributed by atoms with Gasteiger partial charge in [0.1, 0.15) is 4.32 Å². The molecule has 1 fully saturated rings. The molecule has 0 bridgehead atoms. The summed E-state index contributed by atoms with van der Waals surface area (Å²) in [5.41, 5.74) is 0. The summed E-state index contributed by atoms with van der Waals surface area (Å²) in [5, 5.41) is 0. The van der Waals surface area contributed by atoms with Gasteiger partial charge in [0, 0.05) is 13.7 Å². The third kappa shape index (κ3) is 3.07. The van der Waals surface area contributed by atoms with Gasteiger partial charge in [0.05, 0.1) is 0 Å². The first-order valence-electron chi connectivity index (χ1n) is 2.65. The van der Waals surface area contributed by atoms with E-state index in [-0.39, 0.29) is 29.6 Å². The van der Waals surface area contributed by atoms with E-state index in [1.807, 2.05) is 24.9 Å². The van der Waals surface area contributed by atoms with E-state index in [0.717, 1.165) is 11.0 Å². The molecule has 52 valence electrons. The van der Waals surface area contributed by atoms with Crippen molar-refractivity contribution in [2.24, 2.45) is 0 Å². The van der Waals surface area contributed by atoms with Crippen LogP contribution in [0.15, 0.2) is 0 Å². The number of thiocarbonyl (C=S) groups is 1. The Bertz CT molecular complexity index is 131. The molecule has 0 radical (unpaired) electrons. The molecule has 2 nitrogen and oxygen atoms in total. The smallest absolute Gasteiger partial charge is 0.432 e. The van der Waals surface area contributed by atoms with Crippen LogP contribution in [0.4, 0.5) is 0 Å². The van der Waals surface area contributed by atoms with Gasteiger partial charge in [-0.25, -0.2) is 5.88 Å². The summed E-state index contributed by atoms with van der Waals surface area (Å²) in [4.78, 5) is 4.14. The van der Waals surface area contributed by atoms with Gasteiger partial charge in [0.2, 0.25) is 0 Å². The molecule has 1 rings (SSSR count). The fraction of sp³-hybridized carbons (Fsp3) is 0.600. The van der Waals surface area contributed by atoms with Crippen molar-refractivity contribution in [2.75, 3.05) is 20.8 Å². The Morgan fingerprint density at radius 1 is 1.60 bits per heavy atom. The summed E-state index contributed by atoms with van der Waals surface area (Å²) in [5.74, 6) is 2.03. The van der Waals surface area contributed by atoms with Crippen LogP contribution >= 0.6 is 24.0 Å². The molecule has 1 heterocycles. The predicted molar refractivity (Wildman–Crippen MR) is 44.9 cm³/mol. The molecular formula is C5H9N2NaS2. The van der Waals surface area contributed by atoms with E-state index >= 15 is 0 Å². The van der Waals surface area contributed by atoms with E-state index in [9.17, 15) is 0 Å². The van der Waals surface area contributed by atoms with Gasteiger partial charge in [-0.2, -0.15) is 0 Å². The number of nitrogens with zero attached hydrogens (tertiary/aromatic N) is 2. The van der Waals surface area contributed by atoms with Crippen molar-refractivity contribution in [3.8, 4) is 0 Å². The van der Waals surface area contributed by atoms with Gasteiger partial charge in [-0.05, 0) is 7.05 Å². The van der Waals surface area contributed by atoms with Crippen molar-refractivity contribution in [3.05, 3.63) is 5.88 Å². The molecule has 0 unspecified atom stereocenters. The third-order valence-electron chi connectivity index (χ3n) is 1.08. The fourth-order valence-electron chi connectivity index (χ4n) is 0.651. The maximum Gasteiger partial charge on any atom is 1.00 e. The van der Waals surface area contributed by atoms with Crippen LogP contribution in [-0.2, 0) is 0 Å². The fourth-order valence-corrected chi connectivity index (χ4v) is 1.41. The van der Waals surface area contributed by atoms with Crippen LogP contribution in [-0.4, -0.2) is 34.9 Å². The van der Waals surface area contributed by atoms with E-state index in [1.165, 1.54) is 0 Å². The minimum atomic E-state index is 0. The first-order valence-corrected chi connectivity index (χ1v) is 3.94. The molecule has 0 aromatic rings. The van der Waals surface area contributed by atoms with Crippen molar-refractivity contribution in [1.82, 2.24) is 9.80 Å². The van der Waals surface area contributed by atoms with Crippen molar-refractivity contribution >= 4 is 28.3 Å². The summed E-state index contributed by atoms with van der Waals surface area (Å²) in [6.07, 6.45) is 0. The average molecular weight is 184 g/mol. The van der Waals surface area contributed by atoms with Crippen LogP contribution < -0.4 is 29.6 Å². The molecule has 1 aliphatic heterocycles. The van der Waals surface area contributed by atoms with Gasteiger partial charge in [-0.1, -0.05) is 12.2 Å². The molecule has 0 N–H and O–H groups in total. The molecule has 5 heteroatoms. The van der Waals surface area contributed by atoms with Crippen molar-refractivity contribution in [1.29, 1.82) is 0 Å². The second-order valence-electron chi connectivity index (χ2n) is 2.09. The maximum absolute atomic E-state index is 5.01. The third-order valence-corrected chi connectivity index (χ3v) is 2.66. The van der Waals surface area contributed by atoms with Gasteiger partial charge in [-0.15, -0.1) is 0 Å². The quantitative estimate of drug-likeness (QED) is 0.243. The van der Waals surface area contributed by atoms with Gasteiger partial charge < -0.3 is 9.80 Å². The minimum absolute atomic E-state index is 0. The molecular weight excluding hydrogens is 175 g/mol. The van der Waals surface area contributed by atoms with Crippen molar-refractivity contribution < 1.29 is 29.6 Å². The summed E-state index contributed by atoms with van der Waals surface area (Å²) >= 11 is 6.60. The van der Waals surface area contributed by atoms with Crippen LogP contribution in [0.1, 0.15) is 0 Å². The molecule has 10 heavy (non-hydrogen) atoms. The van der Waals surface area contributed by atoms with Crippen molar-refractivity contribution in [2.45, 2.75) is 0 Å². The molecule has 1 aliphatic rings. The SMILES string of the molecule is CN1[CH-]SC(=S)N(C)C1.[Na+]. The Morgan fingerprint density at radius 2 is 2.20 bits per heavy atom. The first-order chi connectivity index (χ1) is 4.20. The van der Waals surface area contributed by atoms with Crippen molar-refractivity contribution in [3.63, 3.8) is 0 Å². The maximum atomic E-state index is 5.01. The molecule has 0 aliphatic carbocycles. The van der Waals surface area contributed by atoms with E-state index in [0.29, 0.717) is 0 Å². The number of hydrogen-bond donors (Lipinski definition) is 0. The summed E-state index contributed by atoms with van der Waals surface area (Å²) in [7, 11) is 4.03. The Kier molecular flexibility index (Phi) is 5.55. The van der Waals surface area contributed by atoms with Crippen LogP contribution in [0.5, 0.6) is 0 Å². The van der Waals surface area contributed by atoms with Crippen LogP contribution in [0.25, 0.3) is 0 Å². The second kappa shape index (κ2) is 4.95. The van der Waals surface area contributed by atoms with Crippen LogP contribution in [0.3, 0.4) is 0 Å². The van der Waals surface area contributed by atoms with E-state index < -0.39 is 0 Å². The minimum Gasteiger partial charge on any atom is -0.432 e. The predicted octanol–water partition coefficient (Wildman–Crippen LogP) is -2.04. The standard InChI is InChI=1S/C5H9N2S2.Na/c1-6-3-7(2)5(8)9-4-6;/h4H,3H2,1-2H3;/q-1;+1. The normalized spacial score (nSPS) is 20.6. The van der Waals surface area contributed by atoms with Gasteiger partial charge in [0.15, 0.2) is 0 Å². The number of rotatable bonds is 0. The zero-order valence-electron chi connectivity index (χ0n) is 6.50. The summed E-state index contributed by atoms with van der Waals surface area (Å²) in [6, 6.07) is 0. The molecule has 0 spiro atoms. The second-order valence-corrected chi connectivity index (χ2v) is 3.56. The zero-order chi connectivity index (χ0) is 6.85. The first kappa shape index (κ1) is 11.2. The Labute approximate surface area is 93.6 Å². The Balaban J connectivity index is 0.000000810. The average Bonchev–Trinajstić information content (AvgIpc) is 1.80. The van der Waals surface area contributed by atoms with Gasteiger partial charge >= 0.3 is 29.6 Å². The zero-order valence-corrected chi connectivity index (χ0v) is 10.1. The number of hydrogen-bond acceptors (Lipinski definition) is 3. The molecule has 1 saturated heterocycles. The molecule has 0 aromatic heterocycles. The topological polar surface area (TPSA) is 6.48 Å². The molecule has 0 amide bonds. The Hall–Kier alpha value is 1.20. The van der Waals surface area contributed by atoms with E-state index in [2.05, 4.69) is 4.90 Å². The summed E-state index contributed by atoms with van der Waals surface area (Å²) < 4.78 is 0.952. The molecule has 0 saturated carbocycles. The van der Waals surface area contributed by atoms with Gasteiger partial charge in [0.25, 0.3) is 0 Å².